The Bertz CT molecular complexity index is 808. The van der Waals surface area contributed by atoms with Crippen molar-refractivity contribution >= 4 is 23.2 Å². The first kappa shape index (κ1) is 17.2. The third kappa shape index (κ3) is 4.09. The lowest BCUT2D eigenvalue weighted by Crippen LogP contribution is -2.49. The van der Waals surface area contributed by atoms with E-state index in [-0.39, 0.29) is 5.91 Å². The third-order valence-electron chi connectivity index (χ3n) is 4.32. The molecule has 3 rings (SSSR count). The van der Waals surface area contributed by atoms with Gasteiger partial charge in [0, 0.05) is 31.2 Å². The highest BCUT2D eigenvalue weighted by Crippen LogP contribution is 2.22. The smallest absolute Gasteiger partial charge is 0.227 e. The number of amides is 1. The van der Waals surface area contributed by atoms with Crippen LogP contribution in [0, 0.1) is 17.1 Å². The van der Waals surface area contributed by atoms with Crippen molar-refractivity contribution in [1.82, 2.24) is 4.90 Å². The van der Waals surface area contributed by atoms with Crippen LogP contribution in [-0.2, 0) is 11.2 Å². The van der Waals surface area contributed by atoms with Crippen LogP contribution in [0.5, 0.6) is 0 Å². The lowest BCUT2D eigenvalue weighted by Gasteiger charge is -2.36. The van der Waals surface area contributed by atoms with E-state index in [1.807, 2.05) is 28.0 Å². The summed E-state index contributed by atoms with van der Waals surface area (Å²) in [6.07, 6.45) is 0.344. The summed E-state index contributed by atoms with van der Waals surface area (Å²) >= 11 is 5.86. The van der Waals surface area contributed by atoms with Crippen LogP contribution in [0.1, 0.15) is 11.1 Å². The number of carbonyl (C=O) groups excluding carboxylic acids is 1. The zero-order chi connectivity index (χ0) is 17.8. The Labute approximate surface area is 151 Å². The second-order valence-corrected chi connectivity index (χ2v) is 6.38. The standard InChI is InChI=1S/C19H17ClFN3O/c20-16-3-1-14(2-4-16)11-19(25)24-9-7-23(8-10-24)18-6-5-17(21)12-15(18)13-22/h1-6,12H,7-11H2. The molecule has 0 unspecified atom stereocenters. The Balaban J connectivity index is 1.61. The Kier molecular flexibility index (Phi) is 5.20. The van der Waals surface area contributed by atoms with Crippen LogP contribution in [0.25, 0.3) is 0 Å². The van der Waals surface area contributed by atoms with E-state index in [0.29, 0.717) is 48.9 Å². The van der Waals surface area contributed by atoms with Gasteiger partial charge in [0.2, 0.25) is 5.91 Å². The van der Waals surface area contributed by atoms with Crippen LogP contribution >= 0.6 is 11.6 Å². The summed E-state index contributed by atoms with van der Waals surface area (Å²) in [4.78, 5) is 16.3. The zero-order valence-corrected chi connectivity index (χ0v) is 14.3. The van der Waals surface area contributed by atoms with Crippen LogP contribution in [0.2, 0.25) is 5.02 Å². The van der Waals surface area contributed by atoms with E-state index < -0.39 is 5.82 Å². The van der Waals surface area contributed by atoms with Gasteiger partial charge < -0.3 is 9.80 Å². The second kappa shape index (κ2) is 7.54. The van der Waals surface area contributed by atoms with Crippen LogP contribution < -0.4 is 4.90 Å². The molecular weight excluding hydrogens is 341 g/mol. The molecule has 0 aliphatic carbocycles. The van der Waals surface area contributed by atoms with E-state index in [1.54, 1.807) is 18.2 Å². The molecule has 6 heteroatoms. The lowest BCUT2D eigenvalue weighted by molar-refractivity contribution is -0.130. The SMILES string of the molecule is N#Cc1cc(F)ccc1N1CCN(C(=O)Cc2ccc(Cl)cc2)CC1. The summed E-state index contributed by atoms with van der Waals surface area (Å²) in [6.45, 7) is 2.39. The normalized spacial score (nSPS) is 14.3. The Morgan fingerprint density at radius 1 is 1.12 bits per heavy atom. The minimum absolute atomic E-state index is 0.0709. The van der Waals surface area contributed by atoms with Gasteiger partial charge in [0.25, 0.3) is 0 Å². The highest BCUT2D eigenvalue weighted by Gasteiger charge is 2.22. The average Bonchev–Trinajstić information content (AvgIpc) is 2.63. The quantitative estimate of drug-likeness (QED) is 0.847. The van der Waals surface area contributed by atoms with Crippen molar-refractivity contribution < 1.29 is 9.18 Å². The molecule has 2 aromatic rings. The molecule has 0 bridgehead atoms. The number of halogens is 2. The molecule has 1 amide bonds. The Hall–Kier alpha value is -2.58. The number of nitrogens with zero attached hydrogens (tertiary/aromatic N) is 3. The molecule has 25 heavy (non-hydrogen) atoms. The molecule has 0 atom stereocenters. The number of rotatable bonds is 3. The summed E-state index contributed by atoms with van der Waals surface area (Å²) in [5.74, 6) is -0.348. The van der Waals surface area contributed by atoms with Gasteiger partial charge in [0.15, 0.2) is 0 Å². The number of nitriles is 1. The van der Waals surface area contributed by atoms with Crippen molar-refractivity contribution in [2.45, 2.75) is 6.42 Å². The number of hydrogen-bond acceptors (Lipinski definition) is 3. The Morgan fingerprint density at radius 3 is 2.44 bits per heavy atom. The molecule has 1 heterocycles. The highest BCUT2D eigenvalue weighted by atomic mass is 35.5. The number of anilines is 1. The molecule has 1 saturated heterocycles. The molecule has 1 aliphatic heterocycles. The topological polar surface area (TPSA) is 47.3 Å². The minimum Gasteiger partial charge on any atom is -0.367 e. The van der Waals surface area contributed by atoms with Gasteiger partial charge in [-0.3, -0.25) is 4.79 Å². The average molecular weight is 358 g/mol. The molecule has 4 nitrogen and oxygen atoms in total. The maximum Gasteiger partial charge on any atom is 0.227 e. The summed E-state index contributed by atoms with van der Waals surface area (Å²) in [6, 6.07) is 13.5. The first-order chi connectivity index (χ1) is 12.1. The lowest BCUT2D eigenvalue weighted by atomic mass is 10.1. The first-order valence-corrected chi connectivity index (χ1v) is 8.41. The van der Waals surface area contributed by atoms with Crippen molar-refractivity contribution in [2.24, 2.45) is 0 Å². The van der Waals surface area contributed by atoms with Crippen LogP contribution in [0.4, 0.5) is 10.1 Å². The first-order valence-electron chi connectivity index (χ1n) is 8.03. The van der Waals surface area contributed by atoms with Gasteiger partial charge in [-0.1, -0.05) is 23.7 Å². The van der Waals surface area contributed by atoms with E-state index in [4.69, 9.17) is 11.6 Å². The van der Waals surface area contributed by atoms with Gasteiger partial charge >= 0.3 is 0 Å². The predicted octanol–water partition coefficient (Wildman–Crippen LogP) is 3.24. The van der Waals surface area contributed by atoms with Gasteiger partial charge in [-0.25, -0.2) is 4.39 Å². The van der Waals surface area contributed by atoms with Gasteiger partial charge in [0.1, 0.15) is 11.9 Å². The Morgan fingerprint density at radius 2 is 1.80 bits per heavy atom. The van der Waals surface area contributed by atoms with Gasteiger partial charge in [-0.15, -0.1) is 0 Å². The fraction of sp³-hybridized carbons (Fsp3) is 0.263. The van der Waals surface area contributed by atoms with E-state index in [0.717, 1.165) is 5.56 Å². The zero-order valence-electron chi connectivity index (χ0n) is 13.6. The van der Waals surface area contributed by atoms with Gasteiger partial charge in [-0.05, 0) is 35.9 Å². The highest BCUT2D eigenvalue weighted by molar-refractivity contribution is 6.30. The largest absolute Gasteiger partial charge is 0.367 e. The molecule has 0 aromatic heterocycles. The molecule has 0 N–H and O–H groups in total. The fourth-order valence-corrected chi connectivity index (χ4v) is 3.08. The maximum atomic E-state index is 13.3. The van der Waals surface area contributed by atoms with E-state index in [1.165, 1.54) is 12.1 Å². The summed E-state index contributed by atoms with van der Waals surface area (Å²) in [7, 11) is 0. The monoisotopic (exact) mass is 357 g/mol. The van der Waals surface area contributed by atoms with E-state index in [9.17, 15) is 14.4 Å². The third-order valence-corrected chi connectivity index (χ3v) is 4.57. The van der Waals surface area contributed by atoms with Crippen LogP contribution in [0.3, 0.4) is 0 Å². The number of benzene rings is 2. The number of hydrogen-bond donors (Lipinski definition) is 0. The number of carbonyl (C=O) groups is 1. The summed E-state index contributed by atoms with van der Waals surface area (Å²) < 4.78 is 13.3. The summed E-state index contributed by atoms with van der Waals surface area (Å²) in [5, 5.41) is 9.83. The van der Waals surface area contributed by atoms with Crippen molar-refractivity contribution in [3.05, 3.63) is 64.4 Å². The molecule has 0 saturated carbocycles. The predicted molar refractivity (Wildman–Crippen MR) is 95.1 cm³/mol. The van der Waals surface area contributed by atoms with Gasteiger partial charge in [0.05, 0.1) is 17.7 Å². The molecule has 2 aromatic carbocycles. The number of piperazine rings is 1. The maximum absolute atomic E-state index is 13.3. The summed E-state index contributed by atoms with van der Waals surface area (Å²) in [5.41, 5.74) is 1.97. The van der Waals surface area contributed by atoms with Gasteiger partial charge in [-0.2, -0.15) is 5.26 Å². The van der Waals surface area contributed by atoms with Crippen molar-refractivity contribution in [1.29, 1.82) is 5.26 Å². The van der Waals surface area contributed by atoms with Crippen molar-refractivity contribution in [2.75, 3.05) is 31.1 Å². The van der Waals surface area contributed by atoms with Crippen molar-refractivity contribution in [3.8, 4) is 6.07 Å². The fourth-order valence-electron chi connectivity index (χ4n) is 2.96. The minimum atomic E-state index is -0.419. The molecule has 1 fully saturated rings. The molecule has 1 aliphatic rings. The molecule has 0 spiro atoms. The molecule has 128 valence electrons. The molecule has 0 radical (unpaired) electrons. The second-order valence-electron chi connectivity index (χ2n) is 5.94. The van der Waals surface area contributed by atoms with Crippen molar-refractivity contribution in [3.63, 3.8) is 0 Å². The molecular formula is C19H17ClFN3O. The van der Waals surface area contributed by atoms with E-state index >= 15 is 0 Å². The van der Waals surface area contributed by atoms with Crippen LogP contribution in [-0.4, -0.2) is 37.0 Å². The van der Waals surface area contributed by atoms with E-state index in [2.05, 4.69) is 0 Å². The van der Waals surface area contributed by atoms with Crippen LogP contribution in [0.15, 0.2) is 42.5 Å².